The summed E-state index contributed by atoms with van der Waals surface area (Å²) in [4.78, 5) is 4.69. The fraction of sp³-hybridized carbons (Fsp3) is 0.0909. The third-order valence-electron chi connectivity index (χ3n) is 5.93. The summed E-state index contributed by atoms with van der Waals surface area (Å²) >= 11 is 0. The van der Waals surface area contributed by atoms with Crippen LogP contribution in [0.25, 0.3) is 11.1 Å². The molecule has 5 nitrogen and oxygen atoms in total. The van der Waals surface area contributed by atoms with E-state index in [9.17, 15) is 5.26 Å². The fourth-order valence-electron chi connectivity index (χ4n) is 3.93. The lowest BCUT2D eigenvalue weighted by molar-refractivity contribution is 0.268. The van der Waals surface area contributed by atoms with Gasteiger partial charge in [0, 0.05) is 11.6 Å². The van der Waals surface area contributed by atoms with Gasteiger partial charge in [0.05, 0.1) is 5.56 Å². The van der Waals surface area contributed by atoms with E-state index in [1.165, 1.54) is 0 Å². The van der Waals surface area contributed by atoms with Gasteiger partial charge in [0.15, 0.2) is 0 Å². The smallest absolute Gasteiger partial charge is 0.225 e. The Morgan fingerprint density at radius 3 is 1.71 bits per heavy atom. The summed E-state index contributed by atoms with van der Waals surface area (Å²) in [7, 11) is 0. The molecule has 5 rings (SSSR count). The van der Waals surface area contributed by atoms with Crippen LogP contribution in [0.1, 0.15) is 22.3 Å². The molecule has 0 bridgehead atoms. The topological polar surface area (TPSA) is 64.4 Å². The van der Waals surface area contributed by atoms with E-state index in [0.29, 0.717) is 42.9 Å². The molecular formula is C33H26N2O3. The van der Waals surface area contributed by atoms with Gasteiger partial charge in [0.25, 0.3) is 0 Å². The van der Waals surface area contributed by atoms with Gasteiger partial charge in [0.1, 0.15) is 31.6 Å². The Morgan fingerprint density at radius 1 is 0.579 bits per heavy atom. The molecule has 38 heavy (non-hydrogen) atoms. The first-order valence-electron chi connectivity index (χ1n) is 12.3. The van der Waals surface area contributed by atoms with Crippen LogP contribution >= 0.6 is 0 Å². The van der Waals surface area contributed by atoms with Crippen LogP contribution in [0.15, 0.2) is 121 Å². The Morgan fingerprint density at radius 2 is 1.13 bits per heavy atom. The second-order valence-electron chi connectivity index (χ2n) is 8.65. The number of nitrogens with zero attached hydrogens (tertiary/aromatic N) is 2. The van der Waals surface area contributed by atoms with Crippen LogP contribution < -0.4 is 14.2 Å². The molecule has 0 fully saturated rings. The van der Waals surface area contributed by atoms with E-state index in [1.807, 2.05) is 115 Å². The Balaban J connectivity index is 1.43. The minimum absolute atomic E-state index is 0.358. The highest BCUT2D eigenvalue weighted by molar-refractivity contribution is 5.72. The maximum absolute atomic E-state index is 9.65. The number of ether oxygens (including phenoxy) is 3. The van der Waals surface area contributed by atoms with Crippen LogP contribution in [0.5, 0.6) is 17.5 Å². The molecule has 0 aliphatic heterocycles. The number of rotatable bonds is 10. The Hall–Kier alpha value is -5.08. The van der Waals surface area contributed by atoms with Gasteiger partial charge in [0.2, 0.25) is 11.8 Å². The average molecular weight is 499 g/mol. The quantitative estimate of drug-likeness (QED) is 0.201. The van der Waals surface area contributed by atoms with Gasteiger partial charge in [-0.2, -0.15) is 10.2 Å². The van der Waals surface area contributed by atoms with Crippen LogP contribution in [-0.2, 0) is 19.8 Å². The van der Waals surface area contributed by atoms with Crippen molar-refractivity contribution in [3.05, 3.63) is 144 Å². The van der Waals surface area contributed by atoms with Gasteiger partial charge in [-0.25, -0.2) is 0 Å². The highest BCUT2D eigenvalue weighted by atomic mass is 16.5. The number of nitriles is 1. The van der Waals surface area contributed by atoms with Gasteiger partial charge in [-0.1, -0.05) is 97.1 Å². The van der Waals surface area contributed by atoms with Gasteiger partial charge < -0.3 is 14.2 Å². The molecule has 0 aliphatic rings. The highest BCUT2D eigenvalue weighted by Crippen LogP contribution is 2.34. The van der Waals surface area contributed by atoms with Crippen molar-refractivity contribution in [1.29, 1.82) is 5.26 Å². The molecule has 0 radical (unpaired) electrons. The first-order valence-corrected chi connectivity index (χ1v) is 12.3. The van der Waals surface area contributed by atoms with Crippen molar-refractivity contribution in [3.8, 4) is 34.7 Å². The normalized spacial score (nSPS) is 10.4. The average Bonchev–Trinajstić information content (AvgIpc) is 2.99. The molecule has 0 N–H and O–H groups in total. The molecule has 0 amide bonds. The summed E-state index contributed by atoms with van der Waals surface area (Å²) in [6, 6.07) is 41.2. The van der Waals surface area contributed by atoms with Crippen molar-refractivity contribution in [2.75, 3.05) is 0 Å². The van der Waals surface area contributed by atoms with Crippen molar-refractivity contribution >= 4 is 0 Å². The molecule has 0 saturated heterocycles. The molecule has 1 heterocycles. The number of aromatic nitrogens is 1. The van der Waals surface area contributed by atoms with E-state index in [2.05, 4.69) is 6.07 Å². The Labute approximate surface area is 222 Å². The van der Waals surface area contributed by atoms with Crippen LogP contribution in [0.3, 0.4) is 0 Å². The number of hydrogen-bond donors (Lipinski definition) is 0. The van der Waals surface area contributed by atoms with Gasteiger partial charge >= 0.3 is 0 Å². The van der Waals surface area contributed by atoms with E-state index < -0.39 is 0 Å². The summed E-state index contributed by atoms with van der Waals surface area (Å²) in [6.45, 7) is 1.12. The van der Waals surface area contributed by atoms with Crippen molar-refractivity contribution in [3.63, 3.8) is 0 Å². The van der Waals surface area contributed by atoms with E-state index in [1.54, 1.807) is 6.07 Å². The van der Waals surface area contributed by atoms with Crippen molar-refractivity contribution in [1.82, 2.24) is 4.98 Å². The van der Waals surface area contributed by atoms with Crippen LogP contribution in [-0.4, -0.2) is 4.98 Å². The molecule has 1 aromatic heterocycles. The molecule has 0 saturated carbocycles. The predicted molar refractivity (Wildman–Crippen MR) is 147 cm³/mol. The maximum Gasteiger partial charge on any atom is 0.225 e. The first-order chi connectivity index (χ1) is 18.8. The zero-order valence-corrected chi connectivity index (χ0v) is 20.8. The maximum atomic E-state index is 9.65. The van der Waals surface area contributed by atoms with Crippen molar-refractivity contribution in [2.24, 2.45) is 0 Å². The van der Waals surface area contributed by atoms with Gasteiger partial charge in [-0.3, -0.25) is 0 Å². The van der Waals surface area contributed by atoms with E-state index in [-0.39, 0.29) is 0 Å². The third-order valence-corrected chi connectivity index (χ3v) is 5.93. The second kappa shape index (κ2) is 12.2. The molecule has 0 unspecified atom stereocenters. The zero-order chi connectivity index (χ0) is 26.0. The van der Waals surface area contributed by atoms with E-state index >= 15 is 0 Å². The molecular weight excluding hydrogens is 472 g/mol. The Kier molecular flexibility index (Phi) is 7.93. The summed E-state index contributed by atoms with van der Waals surface area (Å²) in [5.41, 5.74) is 5.18. The lowest BCUT2D eigenvalue weighted by Crippen LogP contribution is -2.03. The predicted octanol–water partition coefficient (Wildman–Crippen LogP) is 7.36. The lowest BCUT2D eigenvalue weighted by Gasteiger charge is -2.15. The summed E-state index contributed by atoms with van der Waals surface area (Å²) in [6.07, 6.45) is 0. The molecule has 0 spiro atoms. The fourth-order valence-corrected chi connectivity index (χ4v) is 3.93. The standard InChI is InChI=1S/C33H26N2O3/c34-21-29-17-16-28(20-31(29)36-22-25-10-4-1-5-11-25)30-18-19-32(37-23-26-12-6-2-7-13-26)35-33(30)38-24-27-14-8-3-9-15-27/h1-20H,22-24H2. The Bertz CT molecular complexity index is 1520. The summed E-state index contributed by atoms with van der Waals surface area (Å²) in [5, 5.41) is 9.65. The molecule has 186 valence electrons. The van der Waals surface area contributed by atoms with Crippen molar-refractivity contribution < 1.29 is 14.2 Å². The van der Waals surface area contributed by atoms with Crippen molar-refractivity contribution in [2.45, 2.75) is 19.8 Å². The minimum atomic E-state index is 0.358. The molecule has 0 atom stereocenters. The zero-order valence-electron chi connectivity index (χ0n) is 20.8. The van der Waals surface area contributed by atoms with Gasteiger partial charge in [-0.15, -0.1) is 0 Å². The number of pyridine rings is 1. The summed E-state index contributed by atoms with van der Waals surface area (Å²) < 4.78 is 18.2. The minimum Gasteiger partial charge on any atom is -0.488 e. The van der Waals surface area contributed by atoms with Crippen LogP contribution in [0.2, 0.25) is 0 Å². The molecule has 5 aromatic rings. The first kappa shape index (κ1) is 24.6. The highest BCUT2D eigenvalue weighted by Gasteiger charge is 2.14. The molecule has 4 aromatic carbocycles. The third kappa shape index (κ3) is 6.37. The number of benzene rings is 4. The monoisotopic (exact) mass is 498 g/mol. The molecule has 5 heteroatoms. The van der Waals surface area contributed by atoms with Gasteiger partial charge in [-0.05, 0) is 40.5 Å². The molecule has 0 aliphatic carbocycles. The SMILES string of the molecule is N#Cc1ccc(-c2ccc(OCc3ccccc3)nc2OCc2ccccc2)cc1OCc1ccccc1. The number of hydrogen-bond acceptors (Lipinski definition) is 5. The largest absolute Gasteiger partial charge is 0.488 e. The second-order valence-corrected chi connectivity index (χ2v) is 8.65. The van der Waals surface area contributed by atoms with E-state index in [4.69, 9.17) is 19.2 Å². The van der Waals surface area contributed by atoms with E-state index in [0.717, 1.165) is 27.8 Å². The van der Waals surface area contributed by atoms with Crippen LogP contribution in [0.4, 0.5) is 0 Å². The van der Waals surface area contributed by atoms with Crippen LogP contribution in [0, 0.1) is 11.3 Å². The summed E-state index contributed by atoms with van der Waals surface area (Å²) in [5.74, 6) is 1.42. The lowest BCUT2D eigenvalue weighted by atomic mass is 10.0.